The summed E-state index contributed by atoms with van der Waals surface area (Å²) in [4.78, 5) is 12.1. The zero-order chi connectivity index (χ0) is 12.2. The molecule has 0 aromatic carbocycles. The summed E-state index contributed by atoms with van der Waals surface area (Å²) >= 11 is 1.82. The maximum Gasteiger partial charge on any atom is 0.227 e. The second-order valence-corrected chi connectivity index (χ2v) is 6.10. The van der Waals surface area contributed by atoms with Crippen LogP contribution in [-0.4, -0.2) is 30.5 Å². The molecule has 0 saturated heterocycles. The van der Waals surface area contributed by atoms with E-state index in [0.717, 1.165) is 31.6 Å². The van der Waals surface area contributed by atoms with Gasteiger partial charge in [0.05, 0.1) is 5.41 Å². The van der Waals surface area contributed by atoms with E-state index in [1.54, 1.807) is 0 Å². The van der Waals surface area contributed by atoms with Crippen LogP contribution < -0.4 is 11.1 Å². The second kappa shape index (κ2) is 5.92. The van der Waals surface area contributed by atoms with Gasteiger partial charge in [-0.25, -0.2) is 0 Å². The summed E-state index contributed by atoms with van der Waals surface area (Å²) in [5, 5.41) is 3.05. The Balaban J connectivity index is 2.40. The Labute approximate surface area is 103 Å². The van der Waals surface area contributed by atoms with Crippen molar-refractivity contribution >= 4 is 17.7 Å². The lowest BCUT2D eigenvalue weighted by molar-refractivity contribution is -0.130. The predicted molar refractivity (Wildman–Crippen MR) is 70.5 cm³/mol. The lowest BCUT2D eigenvalue weighted by Crippen LogP contribution is -2.48. The fourth-order valence-corrected chi connectivity index (χ4v) is 2.97. The monoisotopic (exact) mass is 244 g/mol. The van der Waals surface area contributed by atoms with Crippen molar-refractivity contribution in [3.05, 3.63) is 0 Å². The molecular formula is C12H24N2OS. The minimum atomic E-state index is -0.334. The molecule has 3 N–H and O–H groups in total. The van der Waals surface area contributed by atoms with Crippen molar-refractivity contribution in [3.63, 3.8) is 0 Å². The highest BCUT2D eigenvalue weighted by molar-refractivity contribution is 7.98. The zero-order valence-corrected chi connectivity index (χ0v) is 11.4. The van der Waals surface area contributed by atoms with Crippen LogP contribution >= 0.6 is 11.8 Å². The molecule has 3 atom stereocenters. The second-order valence-electron chi connectivity index (χ2n) is 5.19. The first-order valence-corrected chi connectivity index (χ1v) is 7.43. The third-order valence-electron chi connectivity index (χ3n) is 3.61. The van der Waals surface area contributed by atoms with Crippen LogP contribution in [0.15, 0.2) is 0 Å². The number of hydrogen-bond donors (Lipinski definition) is 2. The van der Waals surface area contributed by atoms with Crippen molar-refractivity contribution in [2.45, 2.75) is 39.2 Å². The van der Waals surface area contributed by atoms with E-state index < -0.39 is 0 Å². The lowest BCUT2D eigenvalue weighted by atomic mass is 9.84. The third-order valence-corrected chi connectivity index (χ3v) is 4.51. The summed E-state index contributed by atoms with van der Waals surface area (Å²) < 4.78 is 0. The molecule has 16 heavy (non-hydrogen) atoms. The molecule has 1 saturated carbocycles. The van der Waals surface area contributed by atoms with E-state index in [1.807, 2.05) is 18.7 Å². The van der Waals surface area contributed by atoms with Crippen molar-refractivity contribution in [1.82, 2.24) is 5.32 Å². The predicted octanol–water partition coefficient (Wildman–Crippen LogP) is 1.62. The molecule has 94 valence electrons. The van der Waals surface area contributed by atoms with Gasteiger partial charge in [0, 0.05) is 12.6 Å². The van der Waals surface area contributed by atoms with Gasteiger partial charge < -0.3 is 11.1 Å². The first kappa shape index (κ1) is 13.8. The SMILES string of the molecule is CSCC(C)CNC(=O)C1(C)CCCC1N. The largest absolute Gasteiger partial charge is 0.355 e. The van der Waals surface area contributed by atoms with Crippen molar-refractivity contribution in [3.8, 4) is 0 Å². The molecule has 1 fully saturated rings. The molecule has 1 aliphatic carbocycles. The minimum absolute atomic E-state index is 0.0309. The van der Waals surface area contributed by atoms with E-state index in [4.69, 9.17) is 5.73 Å². The zero-order valence-electron chi connectivity index (χ0n) is 10.6. The fraction of sp³-hybridized carbons (Fsp3) is 0.917. The quantitative estimate of drug-likeness (QED) is 0.772. The average molecular weight is 244 g/mol. The average Bonchev–Trinajstić information content (AvgIpc) is 2.57. The van der Waals surface area contributed by atoms with Crippen LogP contribution in [-0.2, 0) is 4.79 Å². The molecule has 3 unspecified atom stereocenters. The minimum Gasteiger partial charge on any atom is -0.355 e. The van der Waals surface area contributed by atoms with Crippen LogP contribution in [0, 0.1) is 11.3 Å². The number of amides is 1. The van der Waals surface area contributed by atoms with Gasteiger partial charge in [-0.15, -0.1) is 0 Å². The third kappa shape index (κ3) is 3.14. The Morgan fingerprint density at radius 1 is 1.69 bits per heavy atom. The first-order chi connectivity index (χ1) is 7.50. The Morgan fingerprint density at radius 2 is 2.38 bits per heavy atom. The van der Waals surface area contributed by atoms with Gasteiger partial charge in [0.15, 0.2) is 0 Å². The summed E-state index contributed by atoms with van der Waals surface area (Å²) in [5.41, 5.74) is 5.68. The van der Waals surface area contributed by atoms with Crippen molar-refractivity contribution in [2.75, 3.05) is 18.6 Å². The Hall–Kier alpha value is -0.220. The van der Waals surface area contributed by atoms with Gasteiger partial charge in [-0.2, -0.15) is 11.8 Å². The summed E-state index contributed by atoms with van der Waals surface area (Å²) in [6, 6.07) is 0.0309. The highest BCUT2D eigenvalue weighted by atomic mass is 32.2. The molecule has 0 aliphatic heterocycles. The van der Waals surface area contributed by atoms with Gasteiger partial charge in [0.2, 0.25) is 5.91 Å². The topological polar surface area (TPSA) is 55.1 Å². The van der Waals surface area contributed by atoms with Crippen LogP contribution in [0.2, 0.25) is 0 Å². The number of nitrogens with one attached hydrogen (secondary N) is 1. The van der Waals surface area contributed by atoms with Gasteiger partial charge in [-0.1, -0.05) is 13.3 Å². The van der Waals surface area contributed by atoms with Gasteiger partial charge in [-0.3, -0.25) is 4.79 Å². The molecular weight excluding hydrogens is 220 g/mol. The normalized spacial score (nSPS) is 31.4. The van der Waals surface area contributed by atoms with Crippen LogP contribution in [0.1, 0.15) is 33.1 Å². The lowest BCUT2D eigenvalue weighted by Gasteiger charge is -2.28. The molecule has 4 heteroatoms. The molecule has 0 bridgehead atoms. The maximum absolute atomic E-state index is 12.1. The van der Waals surface area contributed by atoms with Crippen LogP contribution in [0.5, 0.6) is 0 Å². The Kier molecular flexibility index (Phi) is 5.12. The van der Waals surface area contributed by atoms with Crippen molar-refractivity contribution in [2.24, 2.45) is 17.1 Å². The van der Waals surface area contributed by atoms with Crippen LogP contribution in [0.3, 0.4) is 0 Å². The van der Waals surface area contributed by atoms with E-state index in [2.05, 4.69) is 18.5 Å². The van der Waals surface area contributed by atoms with Gasteiger partial charge in [0.1, 0.15) is 0 Å². The molecule has 0 aromatic heterocycles. The number of carbonyl (C=O) groups excluding carboxylic acids is 1. The summed E-state index contributed by atoms with van der Waals surface area (Å²) in [7, 11) is 0. The molecule has 1 aliphatic rings. The number of rotatable bonds is 5. The van der Waals surface area contributed by atoms with E-state index in [1.165, 1.54) is 0 Å². The summed E-state index contributed by atoms with van der Waals surface area (Å²) in [6.45, 7) is 4.93. The van der Waals surface area contributed by atoms with E-state index in [0.29, 0.717) is 5.92 Å². The number of nitrogens with two attached hydrogens (primary N) is 1. The Morgan fingerprint density at radius 3 is 2.88 bits per heavy atom. The Bertz CT molecular complexity index is 247. The number of carbonyl (C=O) groups is 1. The van der Waals surface area contributed by atoms with Crippen LogP contribution in [0.4, 0.5) is 0 Å². The van der Waals surface area contributed by atoms with E-state index in [-0.39, 0.29) is 17.4 Å². The molecule has 0 heterocycles. The van der Waals surface area contributed by atoms with Gasteiger partial charge >= 0.3 is 0 Å². The van der Waals surface area contributed by atoms with Crippen molar-refractivity contribution in [1.29, 1.82) is 0 Å². The molecule has 0 radical (unpaired) electrons. The van der Waals surface area contributed by atoms with Gasteiger partial charge in [-0.05, 0) is 37.7 Å². The smallest absolute Gasteiger partial charge is 0.227 e. The summed E-state index contributed by atoms with van der Waals surface area (Å²) in [5.74, 6) is 1.76. The summed E-state index contributed by atoms with van der Waals surface area (Å²) in [6.07, 6.45) is 5.07. The number of thioether (sulfide) groups is 1. The van der Waals surface area contributed by atoms with Crippen molar-refractivity contribution < 1.29 is 4.79 Å². The van der Waals surface area contributed by atoms with E-state index in [9.17, 15) is 4.79 Å². The molecule has 1 rings (SSSR count). The van der Waals surface area contributed by atoms with Gasteiger partial charge in [0.25, 0.3) is 0 Å². The molecule has 0 aromatic rings. The first-order valence-electron chi connectivity index (χ1n) is 6.03. The fourth-order valence-electron chi connectivity index (χ4n) is 2.29. The highest BCUT2D eigenvalue weighted by Gasteiger charge is 2.42. The molecule has 1 amide bonds. The highest BCUT2D eigenvalue weighted by Crippen LogP contribution is 2.36. The molecule has 3 nitrogen and oxygen atoms in total. The standard InChI is InChI=1S/C12H24N2OS/c1-9(8-16-3)7-14-11(15)12(2)6-4-5-10(12)13/h9-10H,4-8,13H2,1-3H3,(H,14,15). The maximum atomic E-state index is 12.1. The van der Waals surface area contributed by atoms with Crippen LogP contribution in [0.25, 0.3) is 0 Å². The molecule has 0 spiro atoms. The number of hydrogen-bond acceptors (Lipinski definition) is 3. The van der Waals surface area contributed by atoms with E-state index >= 15 is 0 Å².